The molecule has 0 aromatic carbocycles. The highest BCUT2D eigenvalue weighted by Gasteiger charge is 2.16. The molecule has 3 heterocycles. The van der Waals surface area contributed by atoms with Crippen LogP contribution in [0.15, 0.2) is 17.5 Å². The minimum atomic E-state index is 0.374. The van der Waals surface area contributed by atoms with Gasteiger partial charge in [-0.05, 0) is 18.4 Å². The first-order chi connectivity index (χ1) is 9.28. The van der Waals surface area contributed by atoms with Crippen LogP contribution in [0.5, 0.6) is 0 Å². The quantitative estimate of drug-likeness (QED) is 0.788. The molecule has 98 valence electrons. The lowest BCUT2D eigenvalue weighted by molar-refractivity contribution is 0.756. The van der Waals surface area contributed by atoms with Gasteiger partial charge in [0.2, 0.25) is 5.13 Å². The van der Waals surface area contributed by atoms with Crippen LogP contribution in [-0.2, 0) is 13.0 Å². The van der Waals surface area contributed by atoms with E-state index in [1.54, 1.807) is 16.0 Å². The minimum absolute atomic E-state index is 0.374. The van der Waals surface area contributed by atoms with Crippen molar-refractivity contribution in [3.63, 3.8) is 0 Å². The van der Waals surface area contributed by atoms with Gasteiger partial charge in [0.25, 0.3) is 0 Å². The Balaban J connectivity index is 2.03. The summed E-state index contributed by atoms with van der Waals surface area (Å²) in [6.45, 7) is 2.29. The number of nitrogens with zero attached hydrogens (tertiary/aromatic N) is 5. The molecule has 0 atom stereocenters. The Morgan fingerprint density at radius 3 is 2.84 bits per heavy atom. The second kappa shape index (κ2) is 5.16. The molecule has 0 bridgehead atoms. The van der Waals surface area contributed by atoms with E-state index in [4.69, 9.17) is 5.73 Å². The Labute approximate surface area is 117 Å². The molecule has 0 amide bonds. The zero-order valence-corrected chi connectivity index (χ0v) is 11.9. The average Bonchev–Trinajstić information content (AvgIpc) is 3.10. The molecule has 0 saturated carbocycles. The van der Waals surface area contributed by atoms with Crippen LogP contribution in [0.1, 0.15) is 21.3 Å². The molecule has 0 radical (unpaired) electrons. The van der Waals surface area contributed by atoms with E-state index in [1.807, 2.05) is 13.0 Å². The Hall–Kier alpha value is -1.64. The molecule has 0 aliphatic rings. The van der Waals surface area contributed by atoms with Gasteiger partial charge in [0, 0.05) is 17.8 Å². The van der Waals surface area contributed by atoms with Gasteiger partial charge in [-0.1, -0.05) is 22.6 Å². The van der Waals surface area contributed by atoms with Gasteiger partial charge in [-0.25, -0.2) is 0 Å². The molecular weight excluding hydrogens is 280 g/mol. The molecular formula is C11H12N6S2. The van der Waals surface area contributed by atoms with Crippen molar-refractivity contribution in [1.82, 2.24) is 25.2 Å². The molecule has 0 aliphatic carbocycles. The van der Waals surface area contributed by atoms with E-state index in [0.717, 1.165) is 27.9 Å². The van der Waals surface area contributed by atoms with E-state index >= 15 is 0 Å². The molecule has 0 unspecified atom stereocenters. The van der Waals surface area contributed by atoms with Crippen LogP contribution in [-0.4, -0.2) is 25.2 Å². The highest BCUT2D eigenvalue weighted by Crippen LogP contribution is 2.21. The van der Waals surface area contributed by atoms with Crippen LogP contribution < -0.4 is 5.73 Å². The fraction of sp³-hybridized carbons (Fsp3) is 0.273. The molecule has 19 heavy (non-hydrogen) atoms. The number of aromatic nitrogens is 5. The highest BCUT2D eigenvalue weighted by atomic mass is 32.1. The largest absolute Gasteiger partial charge is 0.325 e. The number of thiophene rings is 1. The summed E-state index contributed by atoms with van der Waals surface area (Å²) in [7, 11) is 0. The topological polar surface area (TPSA) is 82.5 Å². The van der Waals surface area contributed by atoms with Gasteiger partial charge in [0.15, 0.2) is 0 Å². The van der Waals surface area contributed by atoms with E-state index in [2.05, 4.69) is 32.0 Å². The number of rotatable bonds is 4. The maximum Gasteiger partial charge on any atom is 0.234 e. The Bertz CT molecular complexity index is 669. The van der Waals surface area contributed by atoms with Gasteiger partial charge >= 0.3 is 0 Å². The van der Waals surface area contributed by atoms with Gasteiger partial charge in [-0.3, -0.25) is 0 Å². The lowest BCUT2D eigenvalue weighted by atomic mass is 10.2. The fourth-order valence-electron chi connectivity index (χ4n) is 1.77. The van der Waals surface area contributed by atoms with Crippen molar-refractivity contribution in [2.45, 2.75) is 19.9 Å². The summed E-state index contributed by atoms with van der Waals surface area (Å²) in [6.07, 6.45) is 0.760. The van der Waals surface area contributed by atoms with Crippen molar-refractivity contribution < 1.29 is 0 Å². The third-order valence-corrected chi connectivity index (χ3v) is 4.35. The molecule has 3 aromatic heterocycles. The first kappa shape index (κ1) is 12.4. The zero-order chi connectivity index (χ0) is 13.2. The van der Waals surface area contributed by atoms with Gasteiger partial charge < -0.3 is 5.73 Å². The van der Waals surface area contributed by atoms with Crippen molar-refractivity contribution in [1.29, 1.82) is 0 Å². The predicted octanol–water partition coefficient (Wildman–Crippen LogP) is 1.54. The van der Waals surface area contributed by atoms with Crippen molar-refractivity contribution in [3.05, 3.63) is 38.8 Å². The molecule has 8 heteroatoms. The zero-order valence-electron chi connectivity index (χ0n) is 10.3. The Morgan fingerprint density at radius 2 is 2.21 bits per heavy atom. The molecule has 0 aliphatic heterocycles. The summed E-state index contributed by atoms with van der Waals surface area (Å²) in [5.74, 6) is 0. The van der Waals surface area contributed by atoms with E-state index in [-0.39, 0.29) is 0 Å². The van der Waals surface area contributed by atoms with Crippen LogP contribution in [0.3, 0.4) is 0 Å². The van der Waals surface area contributed by atoms with Crippen molar-refractivity contribution in [2.24, 2.45) is 5.73 Å². The maximum atomic E-state index is 5.73. The second-order valence-electron chi connectivity index (χ2n) is 3.96. The van der Waals surface area contributed by atoms with Crippen LogP contribution in [0.25, 0.3) is 5.13 Å². The normalized spacial score (nSPS) is 11.1. The van der Waals surface area contributed by atoms with Gasteiger partial charge in [0.1, 0.15) is 10.7 Å². The van der Waals surface area contributed by atoms with Crippen molar-refractivity contribution in [3.8, 4) is 5.13 Å². The molecule has 3 aromatic rings. The summed E-state index contributed by atoms with van der Waals surface area (Å²) in [6, 6.07) is 4.12. The lowest BCUT2D eigenvalue weighted by Crippen LogP contribution is -2.06. The van der Waals surface area contributed by atoms with E-state index in [1.165, 1.54) is 16.2 Å². The standard InChI is InChI=1S/C11H12N6S2/c1-7-13-15-11(19-7)17-10(9(6-12)14-16-17)5-8-3-2-4-18-8/h2-4H,5-6,12H2,1H3. The summed E-state index contributed by atoms with van der Waals surface area (Å²) < 4.78 is 1.74. The molecule has 6 nitrogen and oxygen atoms in total. The summed E-state index contributed by atoms with van der Waals surface area (Å²) >= 11 is 3.20. The number of aryl methyl sites for hydroxylation is 1. The SMILES string of the molecule is Cc1nnc(-n2nnc(CN)c2Cc2cccs2)s1. The molecule has 2 N–H and O–H groups in total. The molecule has 3 rings (SSSR count). The van der Waals surface area contributed by atoms with Crippen molar-refractivity contribution in [2.75, 3.05) is 0 Å². The van der Waals surface area contributed by atoms with E-state index < -0.39 is 0 Å². The van der Waals surface area contributed by atoms with Gasteiger partial charge in [0.05, 0.1) is 5.69 Å². The first-order valence-electron chi connectivity index (χ1n) is 5.74. The minimum Gasteiger partial charge on any atom is -0.325 e. The average molecular weight is 292 g/mol. The van der Waals surface area contributed by atoms with E-state index in [0.29, 0.717) is 6.54 Å². The van der Waals surface area contributed by atoms with Crippen LogP contribution >= 0.6 is 22.7 Å². The predicted molar refractivity (Wildman–Crippen MR) is 74.6 cm³/mol. The summed E-state index contributed by atoms with van der Waals surface area (Å²) in [5.41, 5.74) is 7.53. The second-order valence-corrected chi connectivity index (χ2v) is 6.15. The molecule has 0 saturated heterocycles. The third kappa shape index (κ3) is 2.42. The molecule has 0 fully saturated rings. The van der Waals surface area contributed by atoms with Crippen molar-refractivity contribution >= 4 is 22.7 Å². The number of hydrogen-bond donors (Lipinski definition) is 1. The summed E-state index contributed by atoms with van der Waals surface area (Å²) in [5, 5.41) is 20.1. The fourth-order valence-corrected chi connectivity index (χ4v) is 3.14. The smallest absolute Gasteiger partial charge is 0.234 e. The first-order valence-corrected chi connectivity index (χ1v) is 7.44. The van der Waals surface area contributed by atoms with E-state index in [9.17, 15) is 0 Å². The van der Waals surface area contributed by atoms with Gasteiger partial charge in [-0.2, -0.15) is 4.68 Å². The maximum absolute atomic E-state index is 5.73. The Morgan fingerprint density at radius 1 is 1.32 bits per heavy atom. The van der Waals surface area contributed by atoms with Crippen LogP contribution in [0.2, 0.25) is 0 Å². The molecule has 0 spiro atoms. The highest BCUT2D eigenvalue weighted by molar-refractivity contribution is 7.13. The third-order valence-electron chi connectivity index (χ3n) is 2.66. The number of nitrogens with two attached hydrogens (primary N) is 1. The monoisotopic (exact) mass is 292 g/mol. The number of hydrogen-bond acceptors (Lipinski definition) is 7. The Kier molecular flexibility index (Phi) is 3.36. The summed E-state index contributed by atoms with van der Waals surface area (Å²) in [4.78, 5) is 1.25. The van der Waals surface area contributed by atoms with Crippen LogP contribution in [0, 0.1) is 6.92 Å². The van der Waals surface area contributed by atoms with Crippen LogP contribution in [0.4, 0.5) is 0 Å². The van der Waals surface area contributed by atoms with Gasteiger partial charge in [-0.15, -0.1) is 26.6 Å². The lowest BCUT2D eigenvalue weighted by Gasteiger charge is -2.02.